The predicted molar refractivity (Wildman–Crippen MR) is 52.0 cm³/mol. The van der Waals surface area contributed by atoms with E-state index in [1.165, 1.54) is 0 Å². The van der Waals surface area contributed by atoms with Crippen LogP contribution in [-0.2, 0) is 0 Å². The molecule has 4 nitrogen and oxygen atoms in total. The van der Waals surface area contributed by atoms with Crippen molar-refractivity contribution < 1.29 is 5.11 Å². The topological polar surface area (TPSA) is 50.9 Å². The van der Waals surface area contributed by atoms with Crippen LogP contribution in [0.2, 0.25) is 0 Å². The summed E-state index contributed by atoms with van der Waals surface area (Å²) in [5.74, 6) is 0.798. The molecule has 0 aliphatic rings. The third-order valence-electron chi connectivity index (χ3n) is 2.02. The number of aliphatic hydroxyl groups is 1. The van der Waals surface area contributed by atoms with E-state index in [2.05, 4.69) is 9.97 Å². The van der Waals surface area contributed by atoms with Crippen LogP contribution in [0.5, 0.6) is 0 Å². The molecule has 1 N–H and O–H groups in total. The van der Waals surface area contributed by atoms with Crippen LogP contribution < -0.4 is 0 Å². The normalized spacial score (nSPS) is 12.7. The molecule has 1 atom stereocenters. The van der Waals surface area contributed by atoms with Crippen LogP contribution in [-0.4, -0.2) is 19.6 Å². The van der Waals surface area contributed by atoms with Crippen LogP contribution in [0.4, 0.5) is 0 Å². The van der Waals surface area contributed by atoms with Gasteiger partial charge in [-0.2, -0.15) is 0 Å². The van der Waals surface area contributed by atoms with Crippen molar-refractivity contribution in [2.75, 3.05) is 0 Å². The average molecular weight is 189 g/mol. The summed E-state index contributed by atoms with van der Waals surface area (Å²) in [6.07, 6.45) is 6.40. The molecule has 0 spiro atoms. The van der Waals surface area contributed by atoms with Gasteiger partial charge in [-0.15, -0.1) is 0 Å². The summed E-state index contributed by atoms with van der Waals surface area (Å²) in [5, 5.41) is 9.29. The molecule has 0 aromatic carbocycles. The number of aromatic nitrogens is 3. The highest BCUT2D eigenvalue weighted by atomic mass is 16.3. The Bertz CT molecular complexity index is 392. The first-order valence-electron chi connectivity index (χ1n) is 4.40. The fourth-order valence-corrected chi connectivity index (χ4v) is 1.19. The average Bonchev–Trinajstić information content (AvgIpc) is 2.71. The molecule has 0 aliphatic heterocycles. The fraction of sp³-hybridized carbons (Fsp3) is 0.200. The van der Waals surface area contributed by atoms with Gasteiger partial charge in [0, 0.05) is 18.6 Å². The Kier molecular flexibility index (Phi) is 2.28. The van der Waals surface area contributed by atoms with Gasteiger partial charge in [-0.25, -0.2) is 9.97 Å². The Hall–Kier alpha value is -1.68. The van der Waals surface area contributed by atoms with Gasteiger partial charge in [0.15, 0.2) is 0 Å². The van der Waals surface area contributed by atoms with Crippen molar-refractivity contribution in [1.29, 1.82) is 0 Å². The zero-order valence-electron chi connectivity index (χ0n) is 7.83. The molecule has 2 aromatic rings. The highest BCUT2D eigenvalue weighted by molar-refractivity contribution is 5.26. The second-order valence-corrected chi connectivity index (χ2v) is 3.10. The molecule has 2 rings (SSSR count). The maximum absolute atomic E-state index is 9.29. The van der Waals surface area contributed by atoms with Crippen LogP contribution in [0.3, 0.4) is 0 Å². The van der Waals surface area contributed by atoms with Gasteiger partial charge in [0.1, 0.15) is 12.1 Å². The first kappa shape index (κ1) is 8.90. The second kappa shape index (κ2) is 3.59. The van der Waals surface area contributed by atoms with E-state index in [-0.39, 0.29) is 0 Å². The number of aliphatic hydroxyl groups excluding tert-OH is 1. The molecule has 0 saturated heterocycles. The minimum Gasteiger partial charge on any atom is -0.389 e. The van der Waals surface area contributed by atoms with Gasteiger partial charge in [0.2, 0.25) is 0 Å². The lowest BCUT2D eigenvalue weighted by molar-refractivity contribution is 0.199. The molecule has 0 radical (unpaired) electrons. The Morgan fingerprint density at radius 3 is 2.79 bits per heavy atom. The molecular formula is C10H11N3O. The highest BCUT2D eigenvalue weighted by Gasteiger charge is 2.01. The van der Waals surface area contributed by atoms with Gasteiger partial charge >= 0.3 is 0 Å². The molecule has 72 valence electrons. The molecule has 0 unspecified atom stereocenters. The highest BCUT2D eigenvalue weighted by Crippen LogP contribution is 2.11. The Morgan fingerprint density at radius 2 is 2.29 bits per heavy atom. The van der Waals surface area contributed by atoms with Crippen molar-refractivity contribution >= 4 is 0 Å². The molecular weight excluding hydrogens is 178 g/mol. The van der Waals surface area contributed by atoms with Crippen molar-refractivity contribution in [2.45, 2.75) is 13.0 Å². The Labute approximate surface area is 81.9 Å². The largest absolute Gasteiger partial charge is 0.389 e. The van der Waals surface area contributed by atoms with Crippen molar-refractivity contribution in [1.82, 2.24) is 14.5 Å². The van der Waals surface area contributed by atoms with Crippen LogP contribution in [0.25, 0.3) is 5.82 Å². The number of pyridine rings is 1. The molecule has 0 saturated carbocycles. The lowest BCUT2D eigenvalue weighted by atomic mass is 10.2. The number of imidazole rings is 1. The van der Waals surface area contributed by atoms with Gasteiger partial charge in [0.05, 0.1) is 6.10 Å². The summed E-state index contributed by atoms with van der Waals surface area (Å²) in [4.78, 5) is 8.14. The van der Waals surface area contributed by atoms with Gasteiger partial charge in [-0.05, 0) is 18.6 Å². The third kappa shape index (κ3) is 1.65. The van der Waals surface area contributed by atoms with Gasteiger partial charge in [-0.1, -0.05) is 6.07 Å². The fourth-order valence-electron chi connectivity index (χ4n) is 1.19. The standard InChI is InChI=1S/C10H11N3O/c1-8(14)9-2-3-10(12-6-9)13-5-4-11-7-13/h2-8,14H,1H3/t8-/m1/s1. The molecule has 4 heteroatoms. The van der Waals surface area contributed by atoms with Crippen LogP contribution in [0.15, 0.2) is 37.1 Å². The molecule has 14 heavy (non-hydrogen) atoms. The van der Waals surface area contributed by atoms with E-state index in [0.29, 0.717) is 0 Å². The quantitative estimate of drug-likeness (QED) is 0.775. The van der Waals surface area contributed by atoms with Crippen LogP contribution in [0, 0.1) is 0 Å². The summed E-state index contributed by atoms with van der Waals surface area (Å²) in [6, 6.07) is 3.71. The maximum atomic E-state index is 9.29. The number of nitrogens with zero attached hydrogens (tertiary/aromatic N) is 3. The monoisotopic (exact) mass is 189 g/mol. The van der Waals surface area contributed by atoms with Crippen molar-refractivity contribution in [3.05, 3.63) is 42.6 Å². The van der Waals surface area contributed by atoms with Gasteiger partial charge < -0.3 is 5.11 Å². The van der Waals surface area contributed by atoms with Crippen molar-refractivity contribution in [3.8, 4) is 5.82 Å². The summed E-state index contributed by atoms with van der Waals surface area (Å²) < 4.78 is 1.81. The molecule has 0 aliphatic carbocycles. The molecule has 2 aromatic heterocycles. The first-order chi connectivity index (χ1) is 6.77. The van der Waals surface area contributed by atoms with Crippen LogP contribution >= 0.6 is 0 Å². The SMILES string of the molecule is C[C@@H](O)c1ccc(-n2ccnc2)nc1. The number of hydrogen-bond acceptors (Lipinski definition) is 3. The minimum absolute atomic E-state index is 0.473. The number of hydrogen-bond donors (Lipinski definition) is 1. The van der Waals surface area contributed by atoms with E-state index < -0.39 is 6.10 Å². The minimum atomic E-state index is -0.473. The van der Waals surface area contributed by atoms with E-state index in [1.54, 1.807) is 25.6 Å². The molecule has 0 fully saturated rings. The first-order valence-corrected chi connectivity index (χ1v) is 4.40. The second-order valence-electron chi connectivity index (χ2n) is 3.10. The summed E-state index contributed by atoms with van der Waals surface area (Å²) in [7, 11) is 0. The Morgan fingerprint density at radius 1 is 1.43 bits per heavy atom. The van der Waals surface area contributed by atoms with E-state index in [0.717, 1.165) is 11.4 Å². The maximum Gasteiger partial charge on any atom is 0.137 e. The van der Waals surface area contributed by atoms with E-state index >= 15 is 0 Å². The van der Waals surface area contributed by atoms with E-state index in [1.807, 2.05) is 22.9 Å². The number of rotatable bonds is 2. The summed E-state index contributed by atoms with van der Waals surface area (Å²) in [5.41, 5.74) is 0.814. The molecule has 0 bridgehead atoms. The lowest BCUT2D eigenvalue weighted by Gasteiger charge is -2.05. The van der Waals surface area contributed by atoms with Crippen LogP contribution in [0.1, 0.15) is 18.6 Å². The molecule has 2 heterocycles. The Balaban J connectivity index is 2.31. The summed E-state index contributed by atoms with van der Waals surface area (Å²) in [6.45, 7) is 1.72. The van der Waals surface area contributed by atoms with Gasteiger partial charge in [-0.3, -0.25) is 4.57 Å². The predicted octanol–water partition coefficient (Wildman–Crippen LogP) is 1.32. The van der Waals surface area contributed by atoms with Crippen molar-refractivity contribution in [2.24, 2.45) is 0 Å². The zero-order valence-corrected chi connectivity index (χ0v) is 7.83. The van der Waals surface area contributed by atoms with E-state index in [9.17, 15) is 5.11 Å². The van der Waals surface area contributed by atoms with Gasteiger partial charge in [0.25, 0.3) is 0 Å². The third-order valence-corrected chi connectivity index (χ3v) is 2.02. The summed E-state index contributed by atoms with van der Waals surface area (Å²) >= 11 is 0. The van der Waals surface area contributed by atoms with Crippen molar-refractivity contribution in [3.63, 3.8) is 0 Å². The van der Waals surface area contributed by atoms with E-state index in [4.69, 9.17) is 0 Å². The smallest absolute Gasteiger partial charge is 0.137 e. The zero-order chi connectivity index (χ0) is 9.97. The molecule has 0 amide bonds. The lowest BCUT2D eigenvalue weighted by Crippen LogP contribution is -1.97.